The van der Waals surface area contributed by atoms with E-state index >= 15 is 0 Å². The molecule has 3 rings (SSSR count). The van der Waals surface area contributed by atoms with Gasteiger partial charge in [0, 0.05) is 35.9 Å². The lowest BCUT2D eigenvalue weighted by Gasteiger charge is -2.33. The molecular weight excluding hydrogens is 256 g/mol. The average Bonchev–Trinajstić information content (AvgIpc) is 2.86. The molecular formula is C14H18N4S. The molecule has 1 aliphatic heterocycles. The monoisotopic (exact) mass is 274 g/mol. The van der Waals surface area contributed by atoms with E-state index in [4.69, 9.17) is 0 Å². The van der Waals surface area contributed by atoms with Crippen LogP contribution in [0.1, 0.15) is 31.2 Å². The highest BCUT2D eigenvalue weighted by atomic mass is 32.1. The maximum absolute atomic E-state index is 4.52. The molecule has 0 radical (unpaired) electrons. The Morgan fingerprint density at radius 1 is 1.26 bits per heavy atom. The summed E-state index contributed by atoms with van der Waals surface area (Å²) in [6.07, 6.45) is 7.56. The first-order valence-corrected chi connectivity index (χ1v) is 7.63. The zero-order valence-corrected chi connectivity index (χ0v) is 12.2. The summed E-state index contributed by atoms with van der Waals surface area (Å²) in [7, 11) is 0. The van der Waals surface area contributed by atoms with Gasteiger partial charge in [0.1, 0.15) is 0 Å². The highest BCUT2D eigenvalue weighted by Crippen LogP contribution is 2.24. The van der Waals surface area contributed by atoms with Crippen molar-refractivity contribution in [1.29, 1.82) is 0 Å². The van der Waals surface area contributed by atoms with Crippen molar-refractivity contribution in [1.82, 2.24) is 15.0 Å². The van der Waals surface area contributed by atoms with Crippen molar-refractivity contribution in [2.45, 2.75) is 39.2 Å². The van der Waals surface area contributed by atoms with Gasteiger partial charge in [-0.05, 0) is 33.1 Å². The van der Waals surface area contributed by atoms with E-state index in [1.165, 1.54) is 19.3 Å². The smallest absolute Gasteiger partial charge is 0.225 e. The summed E-state index contributed by atoms with van der Waals surface area (Å²) < 4.78 is 0. The molecule has 1 fully saturated rings. The Morgan fingerprint density at radius 3 is 2.68 bits per heavy atom. The third kappa shape index (κ3) is 2.61. The summed E-state index contributed by atoms with van der Waals surface area (Å²) in [5.74, 6) is 0.850. The number of thiazole rings is 1. The van der Waals surface area contributed by atoms with Gasteiger partial charge in [-0.1, -0.05) is 0 Å². The van der Waals surface area contributed by atoms with Crippen LogP contribution in [0, 0.1) is 6.92 Å². The topological polar surface area (TPSA) is 41.9 Å². The number of hydrogen-bond acceptors (Lipinski definition) is 5. The van der Waals surface area contributed by atoms with E-state index in [0.717, 1.165) is 28.8 Å². The van der Waals surface area contributed by atoms with Gasteiger partial charge in [0.05, 0.1) is 10.7 Å². The number of rotatable bonds is 2. The maximum Gasteiger partial charge on any atom is 0.225 e. The lowest BCUT2D eigenvalue weighted by molar-refractivity contribution is 0.477. The molecule has 4 nitrogen and oxygen atoms in total. The zero-order chi connectivity index (χ0) is 13.2. The Hall–Kier alpha value is -1.49. The van der Waals surface area contributed by atoms with Gasteiger partial charge in [0.25, 0.3) is 0 Å². The van der Waals surface area contributed by atoms with E-state index < -0.39 is 0 Å². The lowest BCUT2D eigenvalue weighted by atomic mass is 10.0. The summed E-state index contributed by atoms with van der Waals surface area (Å²) in [5, 5.41) is 3.13. The Kier molecular flexibility index (Phi) is 3.46. The van der Waals surface area contributed by atoms with Gasteiger partial charge in [-0.25, -0.2) is 15.0 Å². The maximum atomic E-state index is 4.52. The zero-order valence-electron chi connectivity index (χ0n) is 11.3. The van der Waals surface area contributed by atoms with Crippen molar-refractivity contribution in [2.75, 3.05) is 11.4 Å². The second-order valence-corrected chi connectivity index (χ2v) is 6.12. The first-order valence-electron chi connectivity index (χ1n) is 6.75. The molecule has 3 heterocycles. The fraction of sp³-hybridized carbons (Fsp3) is 0.500. The van der Waals surface area contributed by atoms with Gasteiger partial charge < -0.3 is 4.90 Å². The Balaban J connectivity index is 1.82. The van der Waals surface area contributed by atoms with E-state index in [2.05, 4.69) is 32.2 Å². The normalized spacial score (nSPS) is 19.7. The van der Waals surface area contributed by atoms with E-state index in [1.807, 2.05) is 19.3 Å². The minimum Gasteiger partial charge on any atom is -0.338 e. The van der Waals surface area contributed by atoms with E-state index in [9.17, 15) is 0 Å². The fourth-order valence-electron chi connectivity index (χ4n) is 2.49. The first-order chi connectivity index (χ1) is 9.24. The van der Waals surface area contributed by atoms with Crippen molar-refractivity contribution >= 4 is 17.3 Å². The van der Waals surface area contributed by atoms with Gasteiger partial charge in [-0.2, -0.15) is 0 Å². The standard InChI is InChI=1S/C14H18N4S/c1-10-5-3-4-6-18(10)14-15-7-12(8-16-14)13-9-19-11(2)17-13/h7-10H,3-6H2,1-2H3. The molecule has 19 heavy (non-hydrogen) atoms. The van der Waals surface area contributed by atoms with Crippen LogP contribution in [0.2, 0.25) is 0 Å². The number of aryl methyl sites for hydroxylation is 1. The van der Waals surface area contributed by atoms with Crippen LogP contribution < -0.4 is 4.90 Å². The molecule has 0 aliphatic carbocycles. The summed E-state index contributed by atoms with van der Waals surface area (Å²) >= 11 is 1.65. The van der Waals surface area contributed by atoms with Gasteiger partial charge in [-0.3, -0.25) is 0 Å². The predicted molar refractivity (Wildman–Crippen MR) is 78.5 cm³/mol. The van der Waals surface area contributed by atoms with E-state index in [0.29, 0.717) is 6.04 Å². The highest BCUT2D eigenvalue weighted by Gasteiger charge is 2.20. The first kappa shape index (κ1) is 12.5. The highest BCUT2D eigenvalue weighted by molar-refractivity contribution is 7.09. The molecule has 1 atom stereocenters. The predicted octanol–water partition coefficient (Wildman–Crippen LogP) is 3.29. The average molecular weight is 274 g/mol. The molecule has 100 valence electrons. The van der Waals surface area contributed by atoms with Crippen molar-refractivity contribution in [3.05, 3.63) is 22.8 Å². The van der Waals surface area contributed by atoms with Crippen LogP contribution in [0.4, 0.5) is 5.95 Å². The van der Waals surface area contributed by atoms with E-state index in [-0.39, 0.29) is 0 Å². The van der Waals surface area contributed by atoms with Crippen molar-refractivity contribution in [3.8, 4) is 11.3 Å². The number of hydrogen-bond donors (Lipinski definition) is 0. The minimum absolute atomic E-state index is 0.543. The molecule has 0 N–H and O–H groups in total. The summed E-state index contributed by atoms with van der Waals surface area (Å²) in [6, 6.07) is 0.543. The molecule has 1 saturated heterocycles. The molecule has 2 aromatic rings. The van der Waals surface area contributed by atoms with Crippen LogP contribution in [0.25, 0.3) is 11.3 Å². The summed E-state index contributed by atoms with van der Waals surface area (Å²) in [5.41, 5.74) is 1.97. The second-order valence-electron chi connectivity index (χ2n) is 5.06. The molecule has 5 heteroatoms. The van der Waals surface area contributed by atoms with Crippen LogP contribution in [0.15, 0.2) is 17.8 Å². The van der Waals surface area contributed by atoms with Crippen molar-refractivity contribution in [2.24, 2.45) is 0 Å². The molecule has 1 aliphatic rings. The van der Waals surface area contributed by atoms with Crippen LogP contribution in [0.5, 0.6) is 0 Å². The summed E-state index contributed by atoms with van der Waals surface area (Å²) in [6.45, 7) is 5.33. The second kappa shape index (κ2) is 5.25. The summed E-state index contributed by atoms with van der Waals surface area (Å²) in [4.78, 5) is 15.8. The Morgan fingerprint density at radius 2 is 2.05 bits per heavy atom. The third-order valence-electron chi connectivity index (χ3n) is 3.61. The molecule has 0 spiro atoms. The van der Waals surface area contributed by atoms with E-state index in [1.54, 1.807) is 11.3 Å². The van der Waals surface area contributed by atoms with Crippen LogP contribution in [0.3, 0.4) is 0 Å². The van der Waals surface area contributed by atoms with Crippen molar-refractivity contribution < 1.29 is 0 Å². The van der Waals surface area contributed by atoms with Gasteiger partial charge in [0.2, 0.25) is 5.95 Å². The minimum atomic E-state index is 0.543. The van der Waals surface area contributed by atoms with Gasteiger partial charge in [0.15, 0.2) is 0 Å². The van der Waals surface area contributed by atoms with Crippen LogP contribution in [-0.4, -0.2) is 27.5 Å². The molecule has 0 bridgehead atoms. The largest absolute Gasteiger partial charge is 0.338 e. The molecule has 0 saturated carbocycles. The number of piperidine rings is 1. The number of nitrogens with zero attached hydrogens (tertiary/aromatic N) is 4. The van der Waals surface area contributed by atoms with Crippen molar-refractivity contribution in [3.63, 3.8) is 0 Å². The quantitative estimate of drug-likeness (QED) is 0.842. The molecule has 1 unspecified atom stereocenters. The van der Waals surface area contributed by atoms with Crippen LogP contribution in [-0.2, 0) is 0 Å². The van der Waals surface area contributed by atoms with Gasteiger partial charge >= 0.3 is 0 Å². The lowest BCUT2D eigenvalue weighted by Crippen LogP contribution is -2.38. The SMILES string of the molecule is Cc1nc(-c2cnc(N3CCCCC3C)nc2)cs1. The van der Waals surface area contributed by atoms with Crippen LogP contribution >= 0.6 is 11.3 Å². The molecule has 0 amide bonds. The number of anilines is 1. The third-order valence-corrected chi connectivity index (χ3v) is 4.39. The van der Waals surface area contributed by atoms with Gasteiger partial charge in [-0.15, -0.1) is 11.3 Å². The molecule has 0 aromatic carbocycles. The Labute approximate surface area is 117 Å². The fourth-order valence-corrected chi connectivity index (χ4v) is 3.12. The Bertz CT molecular complexity index is 549. The number of aromatic nitrogens is 3. The molecule has 2 aromatic heterocycles.